The highest BCUT2D eigenvalue weighted by molar-refractivity contribution is 7.85. The molecule has 1 aromatic carbocycles. The molecule has 0 spiro atoms. The molecule has 2 N–H and O–H groups in total. The first-order chi connectivity index (χ1) is 12.8. The van der Waals surface area contributed by atoms with E-state index in [4.69, 9.17) is 4.55 Å². The maximum atomic E-state index is 13.5. The summed E-state index contributed by atoms with van der Waals surface area (Å²) in [6.45, 7) is 1.49. The highest BCUT2D eigenvalue weighted by Crippen LogP contribution is 2.19. The largest absolute Gasteiger partial charge is 0.350 e. The number of amides is 3. The lowest BCUT2D eigenvalue weighted by Gasteiger charge is -2.23. The molecule has 2 atom stereocenters. The van der Waals surface area contributed by atoms with Gasteiger partial charge in [0.2, 0.25) is 17.7 Å². The molecule has 1 saturated heterocycles. The summed E-state index contributed by atoms with van der Waals surface area (Å²) in [5, 5.41) is 2.56. The second kappa shape index (κ2) is 9.71. The number of nitrogens with one attached hydrogen (secondary N) is 1. The first-order valence-electron chi connectivity index (χ1n) is 8.28. The SMILES string of the molecule is CC(C(=O)NCc1ccccc1F)N1C(=O)CC(N(C)C)C1=O.CS(=O)(=O)O. The van der Waals surface area contributed by atoms with Crippen molar-refractivity contribution < 1.29 is 31.7 Å². The van der Waals surface area contributed by atoms with E-state index < -0.39 is 33.9 Å². The lowest BCUT2D eigenvalue weighted by molar-refractivity contribution is -0.147. The van der Waals surface area contributed by atoms with Gasteiger partial charge in [-0.15, -0.1) is 0 Å². The molecule has 0 radical (unpaired) electrons. The zero-order valence-corrected chi connectivity index (χ0v) is 16.9. The maximum absolute atomic E-state index is 13.5. The van der Waals surface area contributed by atoms with Gasteiger partial charge in [-0.3, -0.25) is 28.7 Å². The van der Waals surface area contributed by atoms with Gasteiger partial charge in [-0.2, -0.15) is 8.42 Å². The molecule has 1 fully saturated rings. The summed E-state index contributed by atoms with van der Waals surface area (Å²) >= 11 is 0. The molecule has 1 aromatic rings. The van der Waals surface area contributed by atoms with Crippen LogP contribution in [0.25, 0.3) is 0 Å². The molecule has 28 heavy (non-hydrogen) atoms. The molecular weight excluding hydrogens is 393 g/mol. The third kappa shape index (κ3) is 6.98. The highest BCUT2D eigenvalue weighted by atomic mass is 32.2. The summed E-state index contributed by atoms with van der Waals surface area (Å²) in [6, 6.07) is 4.64. The zero-order chi connectivity index (χ0) is 21.6. The monoisotopic (exact) mass is 417 g/mol. The van der Waals surface area contributed by atoms with Crippen LogP contribution in [0.2, 0.25) is 0 Å². The Morgan fingerprint density at radius 1 is 1.36 bits per heavy atom. The average Bonchev–Trinajstić information content (AvgIpc) is 2.86. The van der Waals surface area contributed by atoms with Gasteiger partial charge in [-0.25, -0.2) is 4.39 Å². The number of carbonyl (C=O) groups excluding carboxylic acids is 3. The summed E-state index contributed by atoms with van der Waals surface area (Å²) in [6.07, 6.45) is 0.782. The van der Waals surface area contributed by atoms with E-state index in [2.05, 4.69) is 5.32 Å². The van der Waals surface area contributed by atoms with Gasteiger partial charge >= 0.3 is 0 Å². The van der Waals surface area contributed by atoms with Crippen LogP contribution in [0.3, 0.4) is 0 Å². The lowest BCUT2D eigenvalue weighted by Crippen LogP contribution is -2.49. The van der Waals surface area contributed by atoms with Crippen LogP contribution >= 0.6 is 0 Å². The van der Waals surface area contributed by atoms with Crippen molar-refractivity contribution in [2.45, 2.75) is 32.0 Å². The Kier molecular flexibility index (Phi) is 8.21. The average molecular weight is 417 g/mol. The smallest absolute Gasteiger partial charge is 0.261 e. The lowest BCUT2D eigenvalue weighted by atomic mass is 10.2. The summed E-state index contributed by atoms with van der Waals surface area (Å²) < 4.78 is 39.4. The molecule has 0 saturated carbocycles. The zero-order valence-electron chi connectivity index (χ0n) is 16.0. The fourth-order valence-corrected chi connectivity index (χ4v) is 2.53. The Hall–Kier alpha value is -2.37. The van der Waals surface area contributed by atoms with E-state index in [-0.39, 0.29) is 24.8 Å². The minimum absolute atomic E-state index is 0.00315. The molecule has 1 heterocycles. The Morgan fingerprint density at radius 3 is 2.36 bits per heavy atom. The molecule has 9 nitrogen and oxygen atoms in total. The molecular formula is C17H24FN3O6S. The second-order valence-electron chi connectivity index (χ2n) is 6.50. The number of nitrogens with zero attached hydrogens (tertiary/aromatic N) is 2. The Balaban J connectivity index is 0.000000696. The van der Waals surface area contributed by atoms with Crippen LogP contribution in [0, 0.1) is 5.82 Å². The quantitative estimate of drug-likeness (QED) is 0.511. The van der Waals surface area contributed by atoms with E-state index in [9.17, 15) is 27.2 Å². The third-order valence-corrected chi connectivity index (χ3v) is 3.96. The fraction of sp³-hybridized carbons (Fsp3) is 0.471. The number of hydrogen-bond acceptors (Lipinski definition) is 6. The predicted octanol–water partition coefficient (Wildman–Crippen LogP) is 0.0235. The van der Waals surface area contributed by atoms with Crippen molar-refractivity contribution in [3.05, 3.63) is 35.6 Å². The van der Waals surface area contributed by atoms with Gasteiger partial charge in [0, 0.05) is 12.1 Å². The van der Waals surface area contributed by atoms with Gasteiger partial charge in [0.25, 0.3) is 10.1 Å². The minimum Gasteiger partial charge on any atom is -0.350 e. The van der Waals surface area contributed by atoms with E-state index in [1.165, 1.54) is 13.0 Å². The summed E-state index contributed by atoms with van der Waals surface area (Å²) in [5.41, 5.74) is 0.346. The van der Waals surface area contributed by atoms with Crippen LogP contribution in [0.4, 0.5) is 4.39 Å². The molecule has 0 bridgehead atoms. The first kappa shape index (κ1) is 23.7. The molecule has 0 aliphatic carbocycles. The Morgan fingerprint density at radius 2 is 1.89 bits per heavy atom. The van der Waals surface area contributed by atoms with Crippen LogP contribution in [-0.2, 0) is 31.0 Å². The predicted molar refractivity (Wildman–Crippen MR) is 99.1 cm³/mol. The van der Waals surface area contributed by atoms with E-state index >= 15 is 0 Å². The number of imide groups is 1. The molecule has 156 valence electrons. The van der Waals surface area contributed by atoms with Crippen LogP contribution < -0.4 is 5.32 Å². The number of benzene rings is 1. The third-order valence-electron chi connectivity index (χ3n) is 3.96. The van der Waals surface area contributed by atoms with Gasteiger partial charge in [0.1, 0.15) is 11.9 Å². The fourth-order valence-electron chi connectivity index (χ4n) is 2.53. The normalized spacial score (nSPS) is 18.0. The molecule has 2 unspecified atom stereocenters. The van der Waals surface area contributed by atoms with Crippen LogP contribution in [-0.4, -0.2) is 72.9 Å². The number of halogens is 1. The molecule has 1 aliphatic rings. The van der Waals surface area contributed by atoms with Gasteiger partial charge in [0.05, 0.1) is 18.7 Å². The Bertz CT molecular complexity index is 835. The standard InChI is InChI=1S/C16H20FN3O3.CH4O3S/c1-10(20-14(21)8-13(16(20)23)19(2)3)15(22)18-9-11-6-4-5-7-12(11)17;1-5(2,3)4/h4-7,10,13H,8-9H2,1-3H3,(H,18,22);1H3,(H,2,3,4). The maximum Gasteiger partial charge on any atom is 0.261 e. The van der Waals surface area contributed by atoms with Crippen LogP contribution in [0.1, 0.15) is 18.9 Å². The number of rotatable bonds is 5. The topological polar surface area (TPSA) is 124 Å². The van der Waals surface area contributed by atoms with E-state index in [0.717, 1.165) is 4.90 Å². The van der Waals surface area contributed by atoms with Crippen molar-refractivity contribution in [3.63, 3.8) is 0 Å². The minimum atomic E-state index is -3.67. The van der Waals surface area contributed by atoms with Crippen molar-refractivity contribution in [2.24, 2.45) is 0 Å². The van der Waals surface area contributed by atoms with Crippen LogP contribution in [0.5, 0.6) is 0 Å². The van der Waals surface area contributed by atoms with Crippen molar-refractivity contribution in [1.82, 2.24) is 15.1 Å². The first-order valence-corrected chi connectivity index (χ1v) is 10.1. The van der Waals surface area contributed by atoms with Gasteiger partial charge in [-0.1, -0.05) is 18.2 Å². The summed E-state index contributed by atoms with van der Waals surface area (Å²) in [4.78, 5) is 39.1. The van der Waals surface area contributed by atoms with Crippen molar-refractivity contribution in [3.8, 4) is 0 Å². The van der Waals surface area contributed by atoms with Crippen molar-refractivity contribution in [2.75, 3.05) is 20.4 Å². The molecule has 3 amide bonds. The second-order valence-corrected chi connectivity index (χ2v) is 7.97. The number of likely N-dealkylation sites (tertiary alicyclic amines) is 1. The van der Waals surface area contributed by atoms with Gasteiger partial charge in [0.15, 0.2) is 0 Å². The molecule has 1 aliphatic heterocycles. The van der Waals surface area contributed by atoms with Crippen molar-refractivity contribution >= 4 is 27.8 Å². The van der Waals surface area contributed by atoms with Crippen LogP contribution in [0.15, 0.2) is 24.3 Å². The molecule has 0 aromatic heterocycles. The van der Waals surface area contributed by atoms with E-state index in [1.807, 2.05) is 0 Å². The van der Waals surface area contributed by atoms with Crippen molar-refractivity contribution in [1.29, 1.82) is 0 Å². The number of hydrogen-bond donors (Lipinski definition) is 2. The van der Waals surface area contributed by atoms with Gasteiger partial charge < -0.3 is 5.32 Å². The summed E-state index contributed by atoms with van der Waals surface area (Å²) in [7, 11) is -0.246. The summed E-state index contributed by atoms with van der Waals surface area (Å²) in [5.74, 6) is -1.66. The number of carbonyl (C=O) groups is 3. The Labute approximate surface area is 163 Å². The van der Waals surface area contributed by atoms with E-state index in [1.54, 1.807) is 37.2 Å². The van der Waals surface area contributed by atoms with Gasteiger partial charge in [-0.05, 0) is 27.1 Å². The highest BCUT2D eigenvalue weighted by Gasteiger charge is 2.43. The molecule has 11 heteroatoms. The molecule has 2 rings (SSSR count). The number of likely N-dealkylation sites (N-methyl/N-ethyl adjacent to an activating group) is 1. The van der Waals surface area contributed by atoms with E-state index in [0.29, 0.717) is 11.8 Å².